The van der Waals surface area contributed by atoms with Crippen LogP contribution in [0.15, 0.2) is 0 Å². The molecule has 0 saturated heterocycles. The summed E-state index contributed by atoms with van der Waals surface area (Å²) in [6, 6.07) is 0. The molecule has 4 aliphatic carbocycles. The summed E-state index contributed by atoms with van der Waals surface area (Å²) in [7, 11) is 0. The van der Waals surface area contributed by atoms with E-state index in [1.165, 1.54) is 51.4 Å². The van der Waals surface area contributed by atoms with Crippen molar-refractivity contribution in [3.05, 3.63) is 0 Å². The molecule has 168 valence electrons. The average Bonchev–Trinajstić information content (AvgIpc) is 3.01. The van der Waals surface area contributed by atoms with E-state index in [4.69, 9.17) is 0 Å². The number of rotatable bonds is 5. The lowest BCUT2D eigenvalue weighted by molar-refractivity contribution is -0.253. The molecule has 4 aliphatic rings. The van der Waals surface area contributed by atoms with E-state index in [2.05, 4.69) is 34.6 Å². The van der Waals surface area contributed by atoms with Gasteiger partial charge in [-0.2, -0.15) is 0 Å². The standard InChI is InChI=1S/C27H48O2/c1-18(2)9-8-10-19(3)21-11-12-22-20-17-24(28)27(29)15-7-6-14-26(27,5)23(20)13-16-25(21,22)4/h18-24,28-29H,6-17H2,1-5H3/t19-,20+,21+,22-,23+,24+,25-,26-,27+/m1/s1. The van der Waals surface area contributed by atoms with E-state index in [1.54, 1.807) is 0 Å². The van der Waals surface area contributed by atoms with Crippen LogP contribution in [0.3, 0.4) is 0 Å². The van der Waals surface area contributed by atoms with Crippen LogP contribution in [0.4, 0.5) is 0 Å². The summed E-state index contributed by atoms with van der Waals surface area (Å²) < 4.78 is 0. The quantitative estimate of drug-likeness (QED) is 0.543. The van der Waals surface area contributed by atoms with E-state index in [1.807, 2.05) is 0 Å². The maximum atomic E-state index is 11.6. The summed E-state index contributed by atoms with van der Waals surface area (Å²) in [5.74, 6) is 4.51. The lowest BCUT2D eigenvalue weighted by atomic mass is 9.42. The zero-order chi connectivity index (χ0) is 21.0. The fourth-order valence-electron chi connectivity index (χ4n) is 9.33. The third kappa shape index (κ3) is 3.34. The summed E-state index contributed by atoms with van der Waals surface area (Å²) in [4.78, 5) is 0. The zero-order valence-corrected chi connectivity index (χ0v) is 19.9. The van der Waals surface area contributed by atoms with Crippen LogP contribution in [0.1, 0.15) is 112 Å². The molecule has 0 aromatic heterocycles. The van der Waals surface area contributed by atoms with Gasteiger partial charge in [0.15, 0.2) is 0 Å². The molecule has 4 fully saturated rings. The summed E-state index contributed by atoms with van der Waals surface area (Å²) in [6.07, 6.45) is 14.1. The first-order valence-electron chi connectivity index (χ1n) is 13.0. The van der Waals surface area contributed by atoms with Gasteiger partial charge in [0.25, 0.3) is 0 Å². The van der Waals surface area contributed by atoms with Crippen LogP contribution >= 0.6 is 0 Å². The minimum atomic E-state index is -0.831. The monoisotopic (exact) mass is 404 g/mol. The molecule has 4 rings (SSSR count). The highest BCUT2D eigenvalue weighted by atomic mass is 16.3. The van der Waals surface area contributed by atoms with E-state index >= 15 is 0 Å². The number of hydrogen-bond acceptors (Lipinski definition) is 2. The molecular formula is C27H48O2. The third-order valence-corrected chi connectivity index (χ3v) is 11.0. The van der Waals surface area contributed by atoms with Crippen LogP contribution in [-0.2, 0) is 0 Å². The molecule has 4 saturated carbocycles. The Morgan fingerprint density at radius 1 is 0.897 bits per heavy atom. The molecule has 9 atom stereocenters. The Hall–Kier alpha value is -0.0800. The van der Waals surface area contributed by atoms with Crippen LogP contribution in [0.2, 0.25) is 0 Å². The van der Waals surface area contributed by atoms with Crippen molar-refractivity contribution in [3.63, 3.8) is 0 Å². The van der Waals surface area contributed by atoms with Crippen LogP contribution in [0.5, 0.6) is 0 Å². The normalized spacial score (nSPS) is 50.7. The van der Waals surface area contributed by atoms with Gasteiger partial charge in [-0.25, -0.2) is 0 Å². The van der Waals surface area contributed by atoms with Gasteiger partial charge in [-0.1, -0.05) is 66.7 Å². The van der Waals surface area contributed by atoms with Gasteiger partial charge in [0, 0.05) is 5.41 Å². The Kier molecular flexibility index (Phi) is 5.95. The first-order valence-corrected chi connectivity index (χ1v) is 13.0. The second-order valence-corrected chi connectivity index (χ2v) is 12.7. The average molecular weight is 405 g/mol. The van der Waals surface area contributed by atoms with Crippen LogP contribution < -0.4 is 0 Å². The second kappa shape index (κ2) is 7.80. The van der Waals surface area contributed by atoms with Crippen molar-refractivity contribution in [3.8, 4) is 0 Å². The van der Waals surface area contributed by atoms with Crippen molar-refractivity contribution < 1.29 is 10.2 Å². The van der Waals surface area contributed by atoms with E-state index in [0.29, 0.717) is 17.3 Å². The summed E-state index contributed by atoms with van der Waals surface area (Å²) >= 11 is 0. The molecule has 2 nitrogen and oxygen atoms in total. The molecule has 0 aliphatic heterocycles. The summed E-state index contributed by atoms with van der Waals surface area (Å²) in [6.45, 7) is 12.2. The molecule has 0 bridgehead atoms. The van der Waals surface area contributed by atoms with E-state index in [9.17, 15) is 10.2 Å². The largest absolute Gasteiger partial charge is 0.390 e. The molecule has 29 heavy (non-hydrogen) atoms. The molecule has 2 N–H and O–H groups in total. The number of fused-ring (bicyclic) bond motifs is 5. The van der Waals surface area contributed by atoms with Crippen molar-refractivity contribution in [1.82, 2.24) is 0 Å². The van der Waals surface area contributed by atoms with Gasteiger partial charge < -0.3 is 10.2 Å². The summed E-state index contributed by atoms with van der Waals surface area (Å²) in [5.41, 5.74) is -0.448. The van der Waals surface area contributed by atoms with Crippen LogP contribution in [0, 0.1) is 46.3 Å². The van der Waals surface area contributed by atoms with E-state index in [-0.39, 0.29) is 5.41 Å². The van der Waals surface area contributed by atoms with Gasteiger partial charge in [-0.15, -0.1) is 0 Å². The lowest BCUT2D eigenvalue weighted by Crippen LogP contribution is -2.67. The second-order valence-electron chi connectivity index (χ2n) is 12.7. The predicted molar refractivity (Wildman–Crippen MR) is 121 cm³/mol. The highest BCUT2D eigenvalue weighted by Crippen LogP contribution is 2.69. The topological polar surface area (TPSA) is 40.5 Å². The van der Waals surface area contributed by atoms with E-state index < -0.39 is 11.7 Å². The van der Waals surface area contributed by atoms with Gasteiger partial charge in [0.05, 0.1) is 11.7 Å². The highest BCUT2D eigenvalue weighted by molar-refractivity contribution is 5.16. The van der Waals surface area contributed by atoms with Crippen molar-refractivity contribution in [2.75, 3.05) is 0 Å². The van der Waals surface area contributed by atoms with Crippen LogP contribution in [0.25, 0.3) is 0 Å². The zero-order valence-electron chi connectivity index (χ0n) is 19.9. The summed E-state index contributed by atoms with van der Waals surface area (Å²) in [5, 5.41) is 22.8. The maximum Gasteiger partial charge on any atom is 0.0961 e. The fourth-order valence-corrected chi connectivity index (χ4v) is 9.33. The van der Waals surface area contributed by atoms with Crippen molar-refractivity contribution in [1.29, 1.82) is 0 Å². The molecular weight excluding hydrogens is 356 g/mol. The molecule has 0 radical (unpaired) electrons. The van der Waals surface area contributed by atoms with Gasteiger partial charge in [-0.05, 0) is 85.9 Å². The SMILES string of the molecule is CC(C)CCC[C@@H](C)[C@@H]1CC[C@@H]2[C@@H]3C[C@H](O)[C@@]4(O)CCCC[C@]4(C)[C@H]3CC[C@@]21C. The van der Waals surface area contributed by atoms with Crippen molar-refractivity contribution >= 4 is 0 Å². The van der Waals surface area contributed by atoms with E-state index in [0.717, 1.165) is 49.4 Å². The Bertz CT molecular complexity index is 587. The molecule has 0 aromatic rings. The van der Waals surface area contributed by atoms with Crippen LogP contribution in [-0.4, -0.2) is 21.9 Å². The molecule has 0 unspecified atom stereocenters. The first-order chi connectivity index (χ1) is 13.6. The Balaban J connectivity index is 1.53. The third-order valence-electron chi connectivity index (χ3n) is 11.0. The minimum absolute atomic E-state index is 0.0735. The lowest BCUT2D eigenvalue weighted by Gasteiger charge is -2.65. The Labute approximate surface area is 180 Å². The number of aliphatic hydroxyl groups is 2. The fraction of sp³-hybridized carbons (Fsp3) is 1.00. The molecule has 0 amide bonds. The first kappa shape index (κ1) is 22.1. The maximum absolute atomic E-state index is 11.6. The molecule has 0 aromatic carbocycles. The van der Waals surface area contributed by atoms with Gasteiger partial charge in [-0.3, -0.25) is 0 Å². The molecule has 0 spiro atoms. The molecule has 0 heterocycles. The minimum Gasteiger partial charge on any atom is -0.390 e. The van der Waals surface area contributed by atoms with Crippen molar-refractivity contribution in [2.24, 2.45) is 46.3 Å². The smallest absolute Gasteiger partial charge is 0.0961 e. The Morgan fingerprint density at radius 3 is 2.34 bits per heavy atom. The van der Waals surface area contributed by atoms with Gasteiger partial charge in [0.1, 0.15) is 0 Å². The Morgan fingerprint density at radius 2 is 1.62 bits per heavy atom. The molecule has 2 heteroatoms. The van der Waals surface area contributed by atoms with Gasteiger partial charge in [0.2, 0.25) is 0 Å². The van der Waals surface area contributed by atoms with Gasteiger partial charge >= 0.3 is 0 Å². The number of aliphatic hydroxyl groups excluding tert-OH is 1. The predicted octanol–water partition coefficient (Wildman–Crippen LogP) is 6.58. The number of hydrogen-bond donors (Lipinski definition) is 2. The van der Waals surface area contributed by atoms with Crippen molar-refractivity contribution in [2.45, 2.75) is 123 Å². The highest BCUT2D eigenvalue weighted by Gasteiger charge is 2.66.